The molecule has 0 radical (unpaired) electrons. The van der Waals surface area contributed by atoms with Crippen LogP contribution < -0.4 is 0 Å². The topological polar surface area (TPSA) is 61.0 Å². The van der Waals surface area contributed by atoms with Crippen molar-refractivity contribution in [2.75, 3.05) is 0 Å². The molecule has 0 saturated heterocycles. The average Bonchev–Trinajstić information content (AvgIpc) is 2.77. The number of hydrogen-bond acceptors (Lipinski definition) is 3. The molecule has 0 N–H and O–H groups in total. The summed E-state index contributed by atoms with van der Waals surface area (Å²) in [7, 11) is 0. The number of nitro benzene ring substituents is 1. The van der Waals surface area contributed by atoms with E-state index in [2.05, 4.69) is 4.98 Å². The van der Waals surface area contributed by atoms with E-state index in [1.807, 2.05) is 35.8 Å². The van der Waals surface area contributed by atoms with E-state index in [0.29, 0.717) is 17.1 Å². The Morgan fingerprint density at radius 2 is 2.05 bits per heavy atom. The van der Waals surface area contributed by atoms with Crippen LogP contribution in [0.3, 0.4) is 0 Å². The molecule has 0 fully saturated rings. The predicted molar refractivity (Wildman–Crippen MR) is 81.7 cm³/mol. The molecule has 0 aliphatic rings. The second-order valence-electron chi connectivity index (χ2n) is 4.76. The first kappa shape index (κ1) is 13.6. The lowest BCUT2D eigenvalue weighted by molar-refractivity contribution is -0.385. The zero-order valence-electron chi connectivity index (χ0n) is 11.3. The van der Waals surface area contributed by atoms with Gasteiger partial charge in [-0.2, -0.15) is 0 Å². The van der Waals surface area contributed by atoms with Crippen molar-refractivity contribution < 1.29 is 4.92 Å². The average molecular weight is 302 g/mol. The summed E-state index contributed by atoms with van der Waals surface area (Å²) in [6, 6.07) is 12.5. The van der Waals surface area contributed by atoms with Crippen LogP contribution in [-0.2, 0) is 6.54 Å². The number of halogens is 1. The zero-order valence-corrected chi connectivity index (χ0v) is 12.0. The number of fused-ring (bicyclic) bond motifs is 1. The Labute approximate surface area is 125 Å². The van der Waals surface area contributed by atoms with E-state index in [1.165, 1.54) is 6.07 Å². The fourth-order valence-electron chi connectivity index (χ4n) is 2.41. The normalized spacial score (nSPS) is 11.0. The first-order valence-electron chi connectivity index (χ1n) is 6.41. The van der Waals surface area contributed by atoms with Gasteiger partial charge in [0.05, 0.1) is 22.5 Å². The maximum atomic E-state index is 11.2. The minimum atomic E-state index is -0.407. The molecule has 21 heavy (non-hydrogen) atoms. The van der Waals surface area contributed by atoms with Crippen molar-refractivity contribution in [1.82, 2.24) is 9.55 Å². The highest BCUT2D eigenvalue weighted by molar-refractivity contribution is 6.30. The molecule has 0 aliphatic carbocycles. The van der Waals surface area contributed by atoms with E-state index in [1.54, 1.807) is 12.1 Å². The summed E-state index contributed by atoms with van der Waals surface area (Å²) in [5.41, 5.74) is 2.47. The summed E-state index contributed by atoms with van der Waals surface area (Å²) in [6.45, 7) is 2.28. The molecule has 1 aromatic heterocycles. The molecular weight excluding hydrogens is 290 g/mol. The van der Waals surface area contributed by atoms with Gasteiger partial charge in [0.25, 0.3) is 5.69 Å². The Bertz CT molecular complexity index is 842. The van der Waals surface area contributed by atoms with Gasteiger partial charge in [-0.25, -0.2) is 4.98 Å². The van der Waals surface area contributed by atoms with E-state index in [9.17, 15) is 10.1 Å². The SMILES string of the molecule is Cc1nc2ccccc2n1Cc1ccc(Cl)cc1[N+](=O)[O-]. The molecule has 0 amide bonds. The van der Waals surface area contributed by atoms with Crippen LogP contribution in [-0.4, -0.2) is 14.5 Å². The van der Waals surface area contributed by atoms with Crippen molar-refractivity contribution in [3.63, 3.8) is 0 Å². The molecule has 0 bridgehead atoms. The maximum Gasteiger partial charge on any atom is 0.275 e. The third kappa shape index (κ3) is 2.48. The fourth-order valence-corrected chi connectivity index (χ4v) is 2.57. The van der Waals surface area contributed by atoms with Gasteiger partial charge in [0.15, 0.2) is 0 Å². The van der Waals surface area contributed by atoms with Crippen LogP contribution in [0.1, 0.15) is 11.4 Å². The molecule has 5 nitrogen and oxygen atoms in total. The Morgan fingerprint density at radius 3 is 2.81 bits per heavy atom. The number of para-hydroxylation sites is 2. The Morgan fingerprint density at radius 1 is 1.29 bits per heavy atom. The second-order valence-corrected chi connectivity index (χ2v) is 5.20. The van der Waals surface area contributed by atoms with Gasteiger partial charge in [-0.1, -0.05) is 23.7 Å². The Balaban J connectivity index is 2.11. The number of rotatable bonds is 3. The highest BCUT2D eigenvalue weighted by atomic mass is 35.5. The van der Waals surface area contributed by atoms with Gasteiger partial charge < -0.3 is 4.57 Å². The molecule has 0 atom stereocenters. The van der Waals surface area contributed by atoms with Crippen LogP contribution in [0.5, 0.6) is 0 Å². The largest absolute Gasteiger partial charge is 0.323 e. The van der Waals surface area contributed by atoms with Crippen molar-refractivity contribution in [3.05, 3.63) is 69.0 Å². The maximum absolute atomic E-state index is 11.2. The zero-order chi connectivity index (χ0) is 15.0. The molecule has 2 aromatic carbocycles. The van der Waals surface area contributed by atoms with Gasteiger partial charge in [0.2, 0.25) is 0 Å². The van der Waals surface area contributed by atoms with E-state index in [-0.39, 0.29) is 5.69 Å². The van der Waals surface area contributed by atoms with Crippen molar-refractivity contribution in [2.24, 2.45) is 0 Å². The van der Waals surface area contributed by atoms with Crippen LogP contribution in [0.25, 0.3) is 11.0 Å². The van der Waals surface area contributed by atoms with E-state index < -0.39 is 4.92 Å². The van der Waals surface area contributed by atoms with Crippen molar-refractivity contribution >= 4 is 28.3 Å². The number of imidazole rings is 1. The number of aryl methyl sites for hydroxylation is 1. The van der Waals surface area contributed by atoms with Crippen LogP contribution in [0, 0.1) is 17.0 Å². The lowest BCUT2D eigenvalue weighted by atomic mass is 10.1. The smallest absolute Gasteiger partial charge is 0.275 e. The summed E-state index contributed by atoms with van der Waals surface area (Å²) in [5, 5.41) is 11.5. The summed E-state index contributed by atoms with van der Waals surface area (Å²) in [5.74, 6) is 0.820. The van der Waals surface area contributed by atoms with Crippen LogP contribution in [0.15, 0.2) is 42.5 Å². The standard InChI is InChI=1S/C15H12ClN3O2/c1-10-17-13-4-2-3-5-14(13)18(10)9-11-6-7-12(16)8-15(11)19(20)21/h2-8H,9H2,1H3. The Hall–Kier alpha value is -2.40. The highest BCUT2D eigenvalue weighted by Gasteiger charge is 2.16. The van der Waals surface area contributed by atoms with Crippen molar-refractivity contribution in [3.8, 4) is 0 Å². The van der Waals surface area contributed by atoms with Gasteiger partial charge in [0.1, 0.15) is 5.82 Å². The molecule has 0 saturated carbocycles. The monoisotopic (exact) mass is 301 g/mol. The van der Waals surface area contributed by atoms with Crippen LogP contribution in [0.4, 0.5) is 5.69 Å². The highest BCUT2D eigenvalue weighted by Crippen LogP contribution is 2.26. The molecular formula is C15H12ClN3O2. The molecule has 3 aromatic rings. The second kappa shape index (κ2) is 5.18. The van der Waals surface area contributed by atoms with Gasteiger partial charge >= 0.3 is 0 Å². The molecule has 1 heterocycles. The lowest BCUT2D eigenvalue weighted by Crippen LogP contribution is -2.05. The minimum absolute atomic E-state index is 0.0275. The molecule has 6 heteroatoms. The lowest BCUT2D eigenvalue weighted by Gasteiger charge is -2.08. The number of hydrogen-bond donors (Lipinski definition) is 0. The van der Waals surface area contributed by atoms with E-state index >= 15 is 0 Å². The van der Waals surface area contributed by atoms with Crippen molar-refractivity contribution in [2.45, 2.75) is 13.5 Å². The summed E-state index contributed by atoms with van der Waals surface area (Å²) >= 11 is 5.85. The van der Waals surface area contributed by atoms with Gasteiger partial charge in [-0.15, -0.1) is 0 Å². The number of nitro groups is 1. The first-order chi connectivity index (χ1) is 10.1. The van der Waals surface area contributed by atoms with Crippen LogP contribution in [0.2, 0.25) is 5.02 Å². The third-order valence-corrected chi connectivity index (χ3v) is 3.65. The third-order valence-electron chi connectivity index (χ3n) is 3.42. The predicted octanol–water partition coefficient (Wildman–Crippen LogP) is 3.95. The minimum Gasteiger partial charge on any atom is -0.323 e. The first-order valence-corrected chi connectivity index (χ1v) is 6.79. The molecule has 106 valence electrons. The summed E-state index contributed by atoms with van der Waals surface area (Å²) in [4.78, 5) is 15.2. The fraction of sp³-hybridized carbons (Fsp3) is 0.133. The molecule has 3 rings (SSSR count). The summed E-state index contributed by atoms with van der Waals surface area (Å²) < 4.78 is 1.96. The van der Waals surface area contributed by atoms with Crippen LogP contribution >= 0.6 is 11.6 Å². The molecule has 0 spiro atoms. The van der Waals surface area contributed by atoms with Crippen molar-refractivity contribution in [1.29, 1.82) is 0 Å². The quantitative estimate of drug-likeness (QED) is 0.543. The number of benzene rings is 2. The van der Waals surface area contributed by atoms with Gasteiger partial charge in [-0.3, -0.25) is 10.1 Å². The van der Waals surface area contributed by atoms with E-state index in [4.69, 9.17) is 11.6 Å². The summed E-state index contributed by atoms with van der Waals surface area (Å²) in [6.07, 6.45) is 0. The molecule has 0 unspecified atom stereocenters. The van der Waals surface area contributed by atoms with Gasteiger partial charge in [-0.05, 0) is 31.2 Å². The number of nitrogens with zero attached hydrogens (tertiary/aromatic N) is 3. The number of aromatic nitrogens is 2. The Kier molecular flexibility index (Phi) is 3.35. The van der Waals surface area contributed by atoms with E-state index in [0.717, 1.165) is 16.9 Å². The molecule has 0 aliphatic heterocycles. The van der Waals surface area contributed by atoms with Gasteiger partial charge in [0, 0.05) is 16.7 Å².